The molecule has 132 valence electrons. The van der Waals surface area contributed by atoms with Crippen molar-refractivity contribution in [3.8, 4) is 0 Å². The second-order valence-corrected chi connectivity index (χ2v) is 8.74. The summed E-state index contributed by atoms with van der Waals surface area (Å²) in [5.74, 6) is -0.210. The van der Waals surface area contributed by atoms with E-state index in [9.17, 15) is 13.2 Å². The minimum Gasteiger partial charge on any atom is -0.335 e. The highest BCUT2D eigenvalue weighted by atomic mass is 35.5. The Morgan fingerprint density at radius 2 is 1.96 bits per heavy atom. The van der Waals surface area contributed by atoms with Gasteiger partial charge in [-0.15, -0.1) is 35.1 Å². The SMILES string of the molecule is Cl.O=C(c1sccc1S(=O)(=O)NCc1cccs1)N1CCNCC1. The Morgan fingerprint density at radius 1 is 1.21 bits per heavy atom. The third-order valence-electron chi connectivity index (χ3n) is 3.53. The van der Waals surface area contributed by atoms with Gasteiger partial charge in [0.2, 0.25) is 10.0 Å². The van der Waals surface area contributed by atoms with Crippen LogP contribution in [-0.2, 0) is 16.6 Å². The van der Waals surface area contributed by atoms with Gasteiger partial charge in [0.05, 0.1) is 0 Å². The van der Waals surface area contributed by atoms with Gasteiger partial charge in [-0.2, -0.15) is 0 Å². The van der Waals surface area contributed by atoms with E-state index in [1.165, 1.54) is 28.7 Å². The van der Waals surface area contributed by atoms with E-state index < -0.39 is 10.0 Å². The Hall–Kier alpha value is -0.970. The summed E-state index contributed by atoms with van der Waals surface area (Å²) < 4.78 is 27.6. The lowest BCUT2D eigenvalue weighted by atomic mass is 10.3. The summed E-state index contributed by atoms with van der Waals surface area (Å²) in [5.41, 5.74) is 0. The molecule has 0 aromatic carbocycles. The van der Waals surface area contributed by atoms with E-state index in [-0.39, 0.29) is 34.6 Å². The number of nitrogens with zero attached hydrogens (tertiary/aromatic N) is 1. The molecule has 24 heavy (non-hydrogen) atoms. The van der Waals surface area contributed by atoms with Crippen LogP contribution in [-0.4, -0.2) is 45.4 Å². The number of amides is 1. The summed E-state index contributed by atoms with van der Waals surface area (Å²) in [6.07, 6.45) is 0. The minimum atomic E-state index is -3.70. The summed E-state index contributed by atoms with van der Waals surface area (Å²) in [6, 6.07) is 5.24. The first-order chi connectivity index (χ1) is 11.1. The number of halogens is 1. The first kappa shape index (κ1) is 19.4. The van der Waals surface area contributed by atoms with Crippen molar-refractivity contribution in [1.29, 1.82) is 0 Å². The molecule has 2 aromatic heterocycles. The number of piperazine rings is 1. The lowest BCUT2D eigenvalue weighted by molar-refractivity contribution is 0.0737. The molecule has 1 aliphatic rings. The molecule has 0 unspecified atom stereocenters. The number of hydrogen-bond donors (Lipinski definition) is 2. The van der Waals surface area contributed by atoms with Crippen molar-refractivity contribution in [2.24, 2.45) is 0 Å². The van der Waals surface area contributed by atoms with Gasteiger partial charge in [-0.1, -0.05) is 6.07 Å². The molecule has 1 fully saturated rings. The second-order valence-electron chi connectivity index (χ2n) is 5.06. The molecule has 3 rings (SSSR count). The first-order valence-corrected chi connectivity index (χ1v) is 10.4. The first-order valence-electron chi connectivity index (χ1n) is 7.17. The van der Waals surface area contributed by atoms with E-state index in [1.54, 1.807) is 10.3 Å². The highest BCUT2D eigenvalue weighted by Gasteiger charge is 2.27. The zero-order valence-corrected chi connectivity index (χ0v) is 16.0. The van der Waals surface area contributed by atoms with Gasteiger partial charge < -0.3 is 10.2 Å². The van der Waals surface area contributed by atoms with Gasteiger partial charge in [0, 0.05) is 37.6 Å². The van der Waals surface area contributed by atoms with Crippen LogP contribution in [0.1, 0.15) is 14.5 Å². The molecule has 2 N–H and O–H groups in total. The van der Waals surface area contributed by atoms with Crippen LogP contribution in [0.25, 0.3) is 0 Å². The topological polar surface area (TPSA) is 78.5 Å². The molecule has 0 spiro atoms. The fourth-order valence-corrected chi connectivity index (χ4v) is 5.46. The molecular formula is C14H18ClN3O3S3. The van der Waals surface area contributed by atoms with Crippen LogP contribution >= 0.6 is 35.1 Å². The van der Waals surface area contributed by atoms with E-state index in [4.69, 9.17) is 0 Å². The molecule has 2 aromatic rings. The smallest absolute Gasteiger partial charge is 0.265 e. The lowest BCUT2D eigenvalue weighted by Crippen LogP contribution is -2.46. The molecule has 0 bridgehead atoms. The highest BCUT2D eigenvalue weighted by Crippen LogP contribution is 2.24. The minimum absolute atomic E-state index is 0. The van der Waals surface area contributed by atoms with Gasteiger partial charge in [-0.25, -0.2) is 13.1 Å². The van der Waals surface area contributed by atoms with Crippen molar-refractivity contribution in [3.05, 3.63) is 38.7 Å². The van der Waals surface area contributed by atoms with Crippen LogP contribution in [0.3, 0.4) is 0 Å². The molecule has 6 nitrogen and oxygen atoms in total. The molecule has 3 heterocycles. The van der Waals surface area contributed by atoms with Crippen LogP contribution in [0.4, 0.5) is 0 Å². The monoisotopic (exact) mass is 407 g/mol. The maximum atomic E-state index is 12.6. The molecule has 0 atom stereocenters. The van der Waals surface area contributed by atoms with Crippen molar-refractivity contribution in [1.82, 2.24) is 14.9 Å². The number of thiophene rings is 2. The van der Waals surface area contributed by atoms with Gasteiger partial charge in [-0.3, -0.25) is 4.79 Å². The maximum absolute atomic E-state index is 12.6. The van der Waals surface area contributed by atoms with Crippen molar-refractivity contribution in [3.63, 3.8) is 0 Å². The number of rotatable bonds is 5. The molecule has 1 saturated heterocycles. The molecule has 1 amide bonds. The Bertz CT molecular complexity index is 768. The van der Waals surface area contributed by atoms with E-state index >= 15 is 0 Å². The highest BCUT2D eigenvalue weighted by molar-refractivity contribution is 7.89. The zero-order valence-electron chi connectivity index (χ0n) is 12.7. The summed E-state index contributed by atoms with van der Waals surface area (Å²) in [6.45, 7) is 2.89. The predicted molar refractivity (Wildman–Crippen MR) is 98.7 cm³/mol. The number of carbonyl (C=O) groups excluding carboxylic acids is 1. The molecular weight excluding hydrogens is 390 g/mol. The van der Waals surface area contributed by atoms with Crippen LogP contribution in [0.2, 0.25) is 0 Å². The van der Waals surface area contributed by atoms with Gasteiger partial charge >= 0.3 is 0 Å². The summed E-state index contributed by atoms with van der Waals surface area (Å²) in [5, 5.41) is 6.72. The fraction of sp³-hybridized carbons (Fsp3) is 0.357. The fourth-order valence-electron chi connectivity index (χ4n) is 2.33. The molecule has 0 saturated carbocycles. The van der Waals surface area contributed by atoms with Crippen LogP contribution in [0, 0.1) is 0 Å². The normalized spacial score (nSPS) is 15.1. The molecule has 1 aliphatic heterocycles. The third-order valence-corrected chi connectivity index (χ3v) is 6.89. The summed E-state index contributed by atoms with van der Waals surface area (Å²) >= 11 is 2.66. The maximum Gasteiger partial charge on any atom is 0.265 e. The van der Waals surface area contributed by atoms with Crippen molar-refractivity contribution in [2.75, 3.05) is 26.2 Å². The predicted octanol–water partition coefficient (Wildman–Crippen LogP) is 1.76. The van der Waals surface area contributed by atoms with Crippen molar-refractivity contribution in [2.45, 2.75) is 11.4 Å². The largest absolute Gasteiger partial charge is 0.335 e. The van der Waals surface area contributed by atoms with Crippen LogP contribution in [0.5, 0.6) is 0 Å². The average molecular weight is 408 g/mol. The number of carbonyl (C=O) groups is 1. The average Bonchev–Trinajstić information content (AvgIpc) is 3.25. The quantitative estimate of drug-likeness (QED) is 0.791. The van der Waals surface area contributed by atoms with Gasteiger partial charge in [-0.05, 0) is 22.9 Å². The standard InChI is InChI=1S/C14H17N3O3S3.ClH/c18-14(17-6-4-15-5-7-17)13-12(3-9-22-13)23(19,20)16-10-11-2-1-8-21-11;/h1-3,8-9,15-16H,4-7,10H2;1H. The van der Waals surface area contributed by atoms with E-state index in [1.807, 2.05) is 17.5 Å². The third kappa shape index (κ3) is 4.35. The van der Waals surface area contributed by atoms with Gasteiger partial charge in [0.15, 0.2) is 0 Å². The Labute approximate surface area is 155 Å². The Kier molecular flexibility index (Phi) is 6.79. The van der Waals surface area contributed by atoms with Crippen molar-refractivity contribution >= 4 is 51.0 Å². The number of nitrogens with one attached hydrogen (secondary N) is 2. The molecule has 0 aliphatic carbocycles. The lowest BCUT2D eigenvalue weighted by Gasteiger charge is -2.27. The second kappa shape index (κ2) is 8.41. The molecule has 0 radical (unpaired) electrons. The van der Waals surface area contributed by atoms with E-state index in [0.29, 0.717) is 13.1 Å². The Balaban J connectivity index is 0.00000208. The molecule has 10 heteroatoms. The number of hydrogen-bond acceptors (Lipinski definition) is 6. The van der Waals surface area contributed by atoms with Gasteiger partial charge in [0.1, 0.15) is 9.77 Å². The van der Waals surface area contributed by atoms with Crippen molar-refractivity contribution < 1.29 is 13.2 Å². The van der Waals surface area contributed by atoms with E-state index in [0.717, 1.165) is 18.0 Å². The van der Waals surface area contributed by atoms with E-state index in [2.05, 4.69) is 10.0 Å². The Morgan fingerprint density at radius 3 is 2.62 bits per heavy atom. The summed E-state index contributed by atoms with van der Waals surface area (Å²) in [7, 11) is -3.70. The van der Waals surface area contributed by atoms with Crippen LogP contribution in [0.15, 0.2) is 33.9 Å². The summed E-state index contributed by atoms with van der Waals surface area (Å²) in [4.78, 5) is 15.6. The zero-order chi connectivity index (χ0) is 16.3. The van der Waals surface area contributed by atoms with Gasteiger partial charge in [0.25, 0.3) is 5.91 Å². The number of sulfonamides is 1. The van der Waals surface area contributed by atoms with Crippen LogP contribution < -0.4 is 10.0 Å².